The third-order valence-electron chi connectivity index (χ3n) is 4.71. The van der Waals surface area contributed by atoms with Gasteiger partial charge >= 0.3 is 0 Å². The molecular weight excluding hydrogens is 347 g/mol. The number of piperidine rings is 1. The number of carbonyl (C=O) groups is 1. The minimum absolute atomic E-state index is 0.0568. The van der Waals surface area contributed by atoms with Gasteiger partial charge < -0.3 is 9.32 Å². The minimum Gasteiger partial charge on any atom is -0.445 e. The van der Waals surface area contributed by atoms with Crippen LogP contribution in [0.4, 0.5) is 4.39 Å². The van der Waals surface area contributed by atoms with Gasteiger partial charge in [-0.2, -0.15) is 5.10 Å². The quantitative estimate of drug-likeness (QED) is 0.709. The second kappa shape index (κ2) is 7.65. The molecule has 0 radical (unpaired) electrons. The largest absolute Gasteiger partial charge is 0.445 e. The Hall–Kier alpha value is -3.09. The van der Waals surface area contributed by atoms with Crippen molar-refractivity contribution in [3.05, 3.63) is 77.5 Å². The highest BCUT2D eigenvalue weighted by Crippen LogP contribution is 2.28. The molecule has 1 fully saturated rings. The Balaban J connectivity index is 1.43. The molecule has 0 aliphatic carbocycles. The van der Waals surface area contributed by atoms with E-state index in [9.17, 15) is 9.18 Å². The minimum atomic E-state index is -0.257. The van der Waals surface area contributed by atoms with Gasteiger partial charge in [0.2, 0.25) is 0 Å². The van der Waals surface area contributed by atoms with Crippen LogP contribution in [0.25, 0.3) is 0 Å². The van der Waals surface area contributed by atoms with Crippen LogP contribution in [-0.4, -0.2) is 39.1 Å². The van der Waals surface area contributed by atoms with E-state index in [-0.39, 0.29) is 17.6 Å². The van der Waals surface area contributed by atoms with Crippen molar-refractivity contribution in [3.63, 3.8) is 0 Å². The number of benzene rings is 1. The summed E-state index contributed by atoms with van der Waals surface area (Å²) in [6.45, 7) is 1.24. The molecule has 1 saturated heterocycles. The molecule has 1 amide bonds. The number of hydrogen-bond donors (Lipinski definition) is 0. The number of nitrogens with zero attached hydrogens (tertiary/aromatic N) is 4. The average Bonchev–Trinajstić information content (AvgIpc) is 3.18. The molecule has 1 aromatic carbocycles. The molecule has 4 rings (SSSR count). The van der Waals surface area contributed by atoms with Crippen LogP contribution in [0, 0.1) is 5.82 Å². The predicted octanol–water partition coefficient (Wildman–Crippen LogP) is 3.21. The van der Waals surface area contributed by atoms with Gasteiger partial charge in [-0.1, -0.05) is 12.1 Å². The Morgan fingerprint density at radius 3 is 2.89 bits per heavy atom. The van der Waals surface area contributed by atoms with Gasteiger partial charge in [0, 0.05) is 25.7 Å². The number of likely N-dealkylation sites (tertiary alicyclic amines) is 1. The van der Waals surface area contributed by atoms with Crippen molar-refractivity contribution in [3.8, 4) is 0 Å². The first-order valence-electron chi connectivity index (χ1n) is 8.95. The van der Waals surface area contributed by atoms with Gasteiger partial charge in [0.25, 0.3) is 5.91 Å². The molecule has 3 aromatic rings. The molecule has 138 valence electrons. The molecule has 1 atom stereocenters. The summed E-state index contributed by atoms with van der Waals surface area (Å²) in [7, 11) is 0. The van der Waals surface area contributed by atoms with Crippen molar-refractivity contribution >= 4 is 5.91 Å². The lowest BCUT2D eigenvalue weighted by Gasteiger charge is -2.30. The Bertz CT molecular complexity index is 911. The molecule has 1 aliphatic heterocycles. The molecule has 2 aromatic heterocycles. The van der Waals surface area contributed by atoms with Crippen LogP contribution in [0.15, 0.2) is 53.2 Å². The first kappa shape index (κ1) is 17.3. The van der Waals surface area contributed by atoms with Crippen LogP contribution in [-0.2, 0) is 6.42 Å². The summed E-state index contributed by atoms with van der Waals surface area (Å²) < 4.78 is 18.9. The number of oxazole rings is 1. The van der Waals surface area contributed by atoms with Gasteiger partial charge in [0.15, 0.2) is 11.6 Å². The summed E-state index contributed by atoms with van der Waals surface area (Å²) in [5, 5.41) is 7.68. The van der Waals surface area contributed by atoms with Crippen molar-refractivity contribution in [2.75, 3.05) is 13.1 Å². The van der Waals surface area contributed by atoms with Gasteiger partial charge in [-0.05, 0) is 42.7 Å². The first-order valence-corrected chi connectivity index (χ1v) is 8.95. The van der Waals surface area contributed by atoms with Crippen molar-refractivity contribution in [1.82, 2.24) is 20.1 Å². The van der Waals surface area contributed by atoms with Crippen LogP contribution in [0.5, 0.6) is 0 Å². The van der Waals surface area contributed by atoms with Crippen molar-refractivity contribution in [1.29, 1.82) is 0 Å². The predicted molar refractivity (Wildman–Crippen MR) is 95.6 cm³/mol. The molecular formula is C20H19FN4O2. The maximum Gasteiger partial charge on any atom is 0.274 e. The fourth-order valence-electron chi connectivity index (χ4n) is 3.34. The van der Waals surface area contributed by atoms with Crippen LogP contribution >= 0.6 is 0 Å². The summed E-state index contributed by atoms with van der Waals surface area (Å²) in [5.74, 6) is 1.05. The average molecular weight is 366 g/mol. The highest BCUT2D eigenvalue weighted by atomic mass is 19.1. The number of halogens is 1. The maximum absolute atomic E-state index is 13.0. The topological polar surface area (TPSA) is 72.1 Å². The molecule has 1 unspecified atom stereocenters. The van der Waals surface area contributed by atoms with E-state index in [1.165, 1.54) is 12.1 Å². The molecule has 7 heteroatoms. The van der Waals surface area contributed by atoms with Crippen molar-refractivity contribution in [2.45, 2.75) is 25.2 Å². The lowest BCUT2D eigenvalue weighted by atomic mass is 9.97. The number of aromatic nitrogens is 3. The zero-order chi connectivity index (χ0) is 18.6. The Morgan fingerprint density at radius 2 is 2.11 bits per heavy atom. The standard InChI is InChI=1S/C20H19FN4O2/c21-16-7-5-14(6-8-16)11-17-12-22-19(27-17)15-3-2-10-25(13-15)20(26)18-4-1-9-23-24-18/h1,4-9,12,15H,2-3,10-11,13H2. The van der Waals surface area contributed by atoms with E-state index < -0.39 is 0 Å². The number of rotatable bonds is 4. The highest BCUT2D eigenvalue weighted by molar-refractivity contribution is 5.92. The molecule has 0 saturated carbocycles. The van der Waals surface area contributed by atoms with Crippen LogP contribution in [0.1, 0.15) is 46.5 Å². The van der Waals surface area contributed by atoms with E-state index in [0.29, 0.717) is 31.1 Å². The van der Waals surface area contributed by atoms with Crippen LogP contribution in [0.2, 0.25) is 0 Å². The van der Waals surface area contributed by atoms with E-state index in [4.69, 9.17) is 4.42 Å². The third-order valence-corrected chi connectivity index (χ3v) is 4.71. The van der Waals surface area contributed by atoms with E-state index in [1.54, 1.807) is 41.6 Å². The van der Waals surface area contributed by atoms with Crippen LogP contribution < -0.4 is 0 Å². The smallest absolute Gasteiger partial charge is 0.274 e. The Morgan fingerprint density at radius 1 is 1.26 bits per heavy atom. The zero-order valence-corrected chi connectivity index (χ0v) is 14.7. The number of carbonyl (C=O) groups excluding carboxylic acids is 1. The summed E-state index contributed by atoms with van der Waals surface area (Å²) in [5.41, 5.74) is 1.31. The SMILES string of the molecule is O=C(c1cccnn1)N1CCCC(c2ncc(Cc3ccc(F)cc3)o2)C1. The lowest BCUT2D eigenvalue weighted by molar-refractivity contribution is 0.0690. The second-order valence-electron chi connectivity index (χ2n) is 6.67. The normalized spacial score (nSPS) is 17.1. The highest BCUT2D eigenvalue weighted by Gasteiger charge is 2.29. The van der Waals surface area contributed by atoms with Gasteiger partial charge in [-0.15, -0.1) is 5.10 Å². The second-order valence-corrected chi connectivity index (χ2v) is 6.67. The molecule has 27 heavy (non-hydrogen) atoms. The molecule has 0 N–H and O–H groups in total. The molecule has 3 heterocycles. The number of hydrogen-bond acceptors (Lipinski definition) is 5. The van der Waals surface area contributed by atoms with Gasteiger partial charge in [0.05, 0.1) is 12.1 Å². The molecule has 0 spiro atoms. The van der Waals surface area contributed by atoms with Gasteiger partial charge in [-0.3, -0.25) is 4.79 Å². The summed E-state index contributed by atoms with van der Waals surface area (Å²) in [4.78, 5) is 18.8. The van der Waals surface area contributed by atoms with Crippen molar-refractivity contribution in [2.24, 2.45) is 0 Å². The monoisotopic (exact) mass is 366 g/mol. The first-order chi connectivity index (χ1) is 13.2. The van der Waals surface area contributed by atoms with Crippen LogP contribution in [0.3, 0.4) is 0 Å². The molecule has 1 aliphatic rings. The van der Waals surface area contributed by atoms with E-state index >= 15 is 0 Å². The molecule has 0 bridgehead atoms. The fraction of sp³-hybridized carbons (Fsp3) is 0.300. The van der Waals surface area contributed by atoms with E-state index in [1.807, 2.05) is 0 Å². The van der Waals surface area contributed by atoms with Crippen molar-refractivity contribution < 1.29 is 13.6 Å². The summed E-state index contributed by atoms with van der Waals surface area (Å²) >= 11 is 0. The van der Waals surface area contributed by atoms with Gasteiger partial charge in [-0.25, -0.2) is 9.37 Å². The van der Waals surface area contributed by atoms with Gasteiger partial charge in [0.1, 0.15) is 11.6 Å². The Labute approximate surface area is 156 Å². The maximum atomic E-state index is 13.0. The Kier molecular flexibility index (Phi) is 4.91. The van der Waals surface area contributed by atoms with E-state index in [0.717, 1.165) is 24.2 Å². The summed E-state index contributed by atoms with van der Waals surface area (Å²) in [6.07, 6.45) is 5.61. The fourth-order valence-corrected chi connectivity index (χ4v) is 3.34. The third kappa shape index (κ3) is 4.02. The lowest BCUT2D eigenvalue weighted by Crippen LogP contribution is -2.39. The van der Waals surface area contributed by atoms with E-state index in [2.05, 4.69) is 15.2 Å². The summed E-state index contributed by atoms with van der Waals surface area (Å²) in [6, 6.07) is 9.72. The number of amides is 1. The zero-order valence-electron chi connectivity index (χ0n) is 14.7. The molecule has 6 nitrogen and oxygen atoms in total.